The van der Waals surface area contributed by atoms with E-state index in [1.165, 1.54) is 43.4 Å². The minimum absolute atomic E-state index is 0.915. The van der Waals surface area contributed by atoms with Gasteiger partial charge in [-0.15, -0.1) is 0 Å². The lowest BCUT2D eigenvalue weighted by Crippen LogP contribution is -1.77. The number of nitrogens with one attached hydrogen (secondary N) is 3. The fraction of sp³-hybridized carbons (Fsp3) is 0. The number of fused-ring (bicyclic) bond motifs is 13. The summed E-state index contributed by atoms with van der Waals surface area (Å²) in [5.74, 6) is 0. The second-order valence-corrected chi connectivity index (χ2v) is 12.7. The van der Waals surface area contributed by atoms with Crippen molar-refractivity contribution in [3.05, 3.63) is 181 Å². The van der Waals surface area contributed by atoms with Gasteiger partial charge in [0.25, 0.3) is 0 Å². The van der Waals surface area contributed by atoms with Crippen LogP contribution in [0.25, 0.3) is 89.7 Å². The molecular weight excluding hydrogens is 623 g/mol. The molecule has 6 heterocycles. The van der Waals surface area contributed by atoms with E-state index in [9.17, 15) is 0 Å². The van der Waals surface area contributed by atoms with Gasteiger partial charge < -0.3 is 15.0 Å². The van der Waals surface area contributed by atoms with Gasteiger partial charge in [-0.25, -0.2) is 9.97 Å². The lowest BCUT2D eigenvalue weighted by molar-refractivity contribution is 1.28. The van der Waals surface area contributed by atoms with E-state index in [0.29, 0.717) is 0 Å². The maximum Gasteiger partial charge on any atom is 0.0659 e. The number of rotatable bonds is 0. The Bertz CT molecular complexity index is 2690. The molecule has 0 spiro atoms. The van der Waals surface area contributed by atoms with Crippen LogP contribution in [0.1, 0.15) is 22.8 Å². The number of aromatic amines is 3. The molecule has 5 heteroatoms. The molecule has 0 saturated carbocycles. The highest BCUT2D eigenvalue weighted by atomic mass is 14.8. The minimum atomic E-state index is 0.915. The van der Waals surface area contributed by atoms with E-state index in [1.54, 1.807) is 0 Å². The van der Waals surface area contributed by atoms with E-state index in [1.807, 2.05) is 42.5 Å². The maximum absolute atomic E-state index is 4.62. The predicted molar refractivity (Wildman–Crippen MR) is 216 cm³/mol. The van der Waals surface area contributed by atoms with Crippen LogP contribution in [0.2, 0.25) is 0 Å². The van der Waals surface area contributed by atoms with Crippen molar-refractivity contribution in [3.8, 4) is 0 Å². The summed E-state index contributed by atoms with van der Waals surface area (Å²) >= 11 is 0. The average Bonchev–Trinajstić information content (AvgIpc) is 4.02. The first kappa shape index (κ1) is 30.1. The molecule has 5 nitrogen and oxygen atoms in total. The molecule has 5 aromatic carbocycles. The lowest BCUT2D eigenvalue weighted by atomic mass is 10.0. The third kappa shape index (κ3) is 6.56. The number of H-pyrrole nitrogens is 3. The molecule has 0 amide bonds. The second-order valence-electron chi connectivity index (χ2n) is 12.7. The fourth-order valence-electron chi connectivity index (χ4n) is 6.63. The zero-order valence-electron chi connectivity index (χ0n) is 27.7. The van der Waals surface area contributed by atoms with Crippen LogP contribution >= 0.6 is 0 Å². The first-order valence-corrected chi connectivity index (χ1v) is 17.1. The first-order chi connectivity index (χ1) is 25.2. The Morgan fingerprint density at radius 3 is 1.08 bits per heavy atom. The third-order valence-electron chi connectivity index (χ3n) is 9.07. The van der Waals surface area contributed by atoms with Gasteiger partial charge in [0.1, 0.15) is 0 Å². The average molecular weight is 656 g/mol. The molecule has 11 rings (SSSR count). The molecule has 4 aromatic heterocycles. The van der Waals surface area contributed by atoms with Crippen LogP contribution in [0.3, 0.4) is 0 Å². The van der Waals surface area contributed by atoms with E-state index >= 15 is 0 Å². The Morgan fingerprint density at radius 2 is 0.647 bits per heavy atom. The highest BCUT2D eigenvalue weighted by Crippen LogP contribution is 2.25. The van der Waals surface area contributed by atoms with Gasteiger partial charge in [-0.1, -0.05) is 84.9 Å². The van der Waals surface area contributed by atoms with Gasteiger partial charge in [-0.3, -0.25) is 0 Å². The molecule has 0 fully saturated rings. The van der Waals surface area contributed by atoms with Crippen molar-refractivity contribution in [1.29, 1.82) is 0 Å². The summed E-state index contributed by atoms with van der Waals surface area (Å²) in [6.07, 6.45) is 8.05. The normalized spacial score (nSPS) is 11.8. The van der Waals surface area contributed by atoms with Gasteiger partial charge in [0.05, 0.1) is 22.8 Å². The molecule has 2 aliphatic heterocycles. The summed E-state index contributed by atoms with van der Waals surface area (Å²) < 4.78 is 0. The number of para-hydroxylation sites is 2. The summed E-state index contributed by atoms with van der Waals surface area (Å²) in [4.78, 5) is 19.4. The summed E-state index contributed by atoms with van der Waals surface area (Å²) in [6, 6.07) is 54.6. The van der Waals surface area contributed by atoms with Crippen LogP contribution in [0.4, 0.5) is 0 Å². The molecular formula is C46H33N5. The van der Waals surface area contributed by atoms with Crippen LogP contribution in [0.5, 0.6) is 0 Å². The zero-order chi connectivity index (χ0) is 34.0. The smallest absolute Gasteiger partial charge is 0.0659 e. The van der Waals surface area contributed by atoms with Gasteiger partial charge in [-0.2, -0.15) is 0 Å². The number of hydrogen-bond donors (Lipinski definition) is 3. The standard InChI is InChI=1S/C20H14N4.C14H10.C12H9N/c1-2-14-10-16-5-6-18(23-16)12-20-8-7-19(24-20)11-17-4-3-15(22-17)9-13(1)21-14;1-2-6-12-10-14-8-4-3-7-13(14)9-11(12)5-1;1-3-7-11-9(5-1)10-6-2-4-8-12(10)13-11/h1-12,21-22H;1-10H;1-8,13H. The number of hydrogen-bond acceptors (Lipinski definition) is 2. The zero-order valence-corrected chi connectivity index (χ0v) is 27.7. The molecule has 3 N–H and O–H groups in total. The lowest BCUT2D eigenvalue weighted by Gasteiger charge is -2.00. The number of aromatic nitrogens is 5. The Balaban J connectivity index is 0.000000110. The molecule has 9 aromatic rings. The SMILES string of the molecule is C1=Cc2cc3ccc(cc4ccc(cc5nc(cc1n2)C=C5)[nH]4)[nH]3.c1ccc2c(c1)[nH]c1ccccc12.c1ccc2cc3ccccc3cc2c1. The van der Waals surface area contributed by atoms with Crippen molar-refractivity contribution in [2.24, 2.45) is 0 Å². The highest BCUT2D eigenvalue weighted by Gasteiger charge is 2.03. The summed E-state index contributed by atoms with van der Waals surface area (Å²) in [5, 5.41) is 7.85. The van der Waals surface area contributed by atoms with Crippen molar-refractivity contribution >= 4 is 89.7 Å². The van der Waals surface area contributed by atoms with Crippen molar-refractivity contribution < 1.29 is 0 Å². The van der Waals surface area contributed by atoms with Crippen molar-refractivity contribution in [2.75, 3.05) is 0 Å². The summed E-state index contributed by atoms with van der Waals surface area (Å²) in [7, 11) is 0. The summed E-state index contributed by atoms with van der Waals surface area (Å²) in [5.41, 5.74) is 10.3. The molecule has 51 heavy (non-hydrogen) atoms. The van der Waals surface area contributed by atoms with E-state index in [2.05, 4.69) is 164 Å². The Kier molecular flexibility index (Phi) is 7.76. The third-order valence-corrected chi connectivity index (χ3v) is 9.07. The number of nitrogens with zero attached hydrogens (tertiary/aromatic N) is 2. The van der Waals surface area contributed by atoms with Crippen LogP contribution in [0.15, 0.2) is 158 Å². The molecule has 0 radical (unpaired) electrons. The van der Waals surface area contributed by atoms with Gasteiger partial charge in [0.15, 0.2) is 0 Å². The predicted octanol–water partition coefficient (Wildman–Crippen LogP) is 12.0. The van der Waals surface area contributed by atoms with Crippen molar-refractivity contribution in [1.82, 2.24) is 24.9 Å². The summed E-state index contributed by atoms with van der Waals surface area (Å²) in [6.45, 7) is 0. The van der Waals surface area contributed by atoms with Gasteiger partial charge >= 0.3 is 0 Å². The van der Waals surface area contributed by atoms with Crippen LogP contribution in [-0.4, -0.2) is 24.9 Å². The molecule has 0 aliphatic carbocycles. The molecule has 2 aliphatic rings. The topological polar surface area (TPSA) is 73.2 Å². The van der Waals surface area contributed by atoms with Gasteiger partial charge in [0.2, 0.25) is 0 Å². The quantitative estimate of drug-likeness (QED) is 0.142. The number of benzene rings is 5. The monoisotopic (exact) mass is 655 g/mol. The van der Waals surface area contributed by atoms with E-state index in [4.69, 9.17) is 0 Å². The Hall–Kier alpha value is -6.98. The highest BCUT2D eigenvalue weighted by molar-refractivity contribution is 6.07. The van der Waals surface area contributed by atoms with E-state index < -0.39 is 0 Å². The van der Waals surface area contributed by atoms with Crippen molar-refractivity contribution in [3.63, 3.8) is 0 Å². The van der Waals surface area contributed by atoms with Crippen molar-refractivity contribution in [2.45, 2.75) is 0 Å². The van der Waals surface area contributed by atoms with E-state index in [-0.39, 0.29) is 0 Å². The van der Waals surface area contributed by atoms with Crippen LogP contribution in [-0.2, 0) is 0 Å². The van der Waals surface area contributed by atoms with E-state index in [0.717, 1.165) is 44.8 Å². The molecule has 0 atom stereocenters. The first-order valence-electron chi connectivity index (χ1n) is 17.1. The van der Waals surface area contributed by atoms with Gasteiger partial charge in [0, 0.05) is 43.9 Å². The fourth-order valence-corrected chi connectivity index (χ4v) is 6.63. The Labute approximate surface area is 294 Å². The molecule has 0 unspecified atom stereocenters. The van der Waals surface area contributed by atoms with Gasteiger partial charge in [-0.05, 0) is 119 Å². The Morgan fingerprint density at radius 1 is 0.294 bits per heavy atom. The maximum atomic E-state index is 4.62. The molecule has 0 saturated heterocycles. The molecule has 242 valence electrons. The van der Waals surface area contributed by atoms with Crippen LogP contribution < -0.4 is 0 Å². The second kappa shape index (κ2) is 13.1. The minimum Gasteiger partial charge on any atom is -0.355 e. The van der Waals surface area contributed by atoms with Crippen LogP contribution in [0, 0.1) is 0 Å². The molecule has 8 bridgehead atoms. The largest absolute Gasteiger partial charge is 0.355 e.